The van der Waals surface area contributed by atoms with Crippen LogP contribution >= 0.6 is 0 Å². The van der Waals surface area contributed by atoms with Crippen molar-refractivity contribution in [2.75, 3.05) is 27.4 Å². The van der Waals surface area contributed by atoms with Gasteiger partial charge in [0.05, 0.1) is 19.9 Å². The summed E-state index contributed by atoms with van der Waals surface area (Å²) in [6, 6.07) is 16.5. The molecule has 0 saturated carbocycles. The number of carbonyl (C=O) groups excluding carboxylic acids is 2. The highest BCUT2D eigenvalue weighted by molar-refractivity contribution is 5.90. The number of likely N-dealkylation sites (N-methyl/N-ethyl adjacent to an activating group) is 1. The number of ether oxygens (including phenoxy) is 3. The number of esters is 1. The summed E-state index contributed by atoms with van der Waals surface area (Å²) in [5.41, 5.74) is 2.57. The Labute approximate surface area is 180 Å². The van der Waals surface area contributed by atoms with E-state index in [2.05, 4.69) is 10.2 Å². The summed E-state index contributed by atoms with van der Waals surface area (Å²) in [6.07, 6.45) is 0. The van der Waals surface area contributed by atoms with E-state index >= 15 is 0 Å². The Kier molecular flexibility index (Phi) is 7.26. The molecule has 1 N–H and O–H groups in total. The molecule has 0 spiro atoms. The van der Waals surface area contributed by atoms with Crippen LogP contribution < -0.4 is 9.47 Å². The number of nitrogens with one attached hydrogen (secondary N) is 1. The van der Waals surface area contributed by atoms with Crippen LogP contribution in [-0.4, -0.2) is 54.3 Å². The molecule has 0 radical (unpaired) electrons. The van der Waals surface area contributed by atoms with Crippen LogP contribution in [0.5, 0.6) is 11.5 Å². The van der Waals surface area contributed by atoms with Gasteiger partial charge < -0.3 is 19.1 Å². The lowest BCUT2D eigenvalue weighted by molar-refractivity contribution is -0.135. The number of rotatable bonds is 9. The second kappa shape index (κ2) is 10.3. The predicted octanol–water partition coefficient (Wildman–Crippen LogP) is 3.30. The molecule has 0 unspecified atom stereocenters. The van der Waals surface area contributed by atoms with Crippen molar-refractivity contribution in [2.45, 2.75) is 13.5 Å². The first-order chi connectivity index (χ1) is 15.0. The third-order valence-electron chi connectivity index (χ3n) is 4.75. The molecule has 2 aromatic carbocycles. The van der Waals surface area contributed by atoms with E-state index in [-0.39, 0.29) is 18.2 Å². The number of H-pyrrole nitrogens is 1. The zero-order chi connectivity index (χ0) is 22.2. The highest BCUT2D eigenvalue weighted by Gasteiger charge is 2.18. The monoisotopic (exact) mass is 423 g/mol. The molecule has 3 rings (SSSR count). The molecule has 0 aliphatic carbocycles. The van der Waals surface area contributed by atoms with Crippen LogP contribution in [0.4, 0.5) is 0 Å². The second-order valence-corrected chi connectivity index (χ2v) is 6.71. The Morgan fingerprint density at radius 3 is 2.42 bits per heavy atom. The molecule has 0 bridgehead atoms. The molecule has 1 aromatic heterocycles. The normalized spacial score (nSPS) is 10.4. The molecule has 0 saturated heterocycles. The average Bonchev–Trinajstić information content (AvgIpc) is 3.31. The van der Waals surface area contributed by atoms with E-state index in [0.717, 1.165) is 11.1 Å². The Morgan fingerprint density at radius 1 is 1.00 bits per heavy atom. The summed E-state index contributed by atoms with van der Waals surface area (Å²) in [5, 5.41) is 6.79. The van der Waals surface area contributed by atoms with Gasteiger partial charge in [-0.05, 0) is 30.7 Å². The van der Waals surface area contributed by atoms with Crippen molar-refractivity contribution >= 4 is 11.9 Å². The molecule has 8 nitrogen and oxygen atoms in total. The number of aromatic nitrogens is 2. The van der Waals surface area contributed by atoms with Gasteiger partial charge in [-0.25, -0.2) is 4.79 Å². The van der Waals surface area contributed by atoms with Gasteiger partial charge in [-0.15, -0.1) is 0 Å². The number of amides is 1. The topological polar surface area (TPSA) is 93.8 Å². The Hall–Kier alpha value is -3.81. The van der Waals surface area contributed by atoms with Gasteiger partial charge in [-0.1, -0.05) is 36.4 Å². The summed E-state index contributed by atoms with van der Waals surface area (Å²) in [5.74, 6) is 0.269. The van der Waals surface area contributed by atoms with E-state index in [1.165, 1.54) is 0 Å². The molecule has 162 valence electrons. The number of carbonyl (C=O) groups is 2. The van der Waals surface area contributed by atoms with Crippen LogP contribution in [-0.2, 0) is 16.1 Å². The third kappa shape index (κ3) is 5.42. The molecular weight excluding hydrogens is 398 g/mol. The van der Waals surface area contributed by atoms with Crippen molar-refractivity contribution in [2.24, 2.45) is 0 Å². The fourth-order valence-corrected chi connectivity index (χ4v) is 3.06. The summed E-state index contributed by atoms with van der Waals surface area (Å²) in [4.78, 5) is 26.5. The molecule has 0 aliphatic rings. The van der Waals surface area contributed by atoms with E-state index in [1.807, 2.05) is 49.4 Å². The fourth-order valence-electron chi connectivity index (χ4n) is 3.06. The lowest BCUT2D eigenvalue weighted by Gasteiger charge is -2.21. The molecule has 1 amide bonds. The molecule has 3 aromatic rings. The van der Waals surface area contributed by atoms with Crippen LogP contribution in [0.15, 0.2) is 54.6 Å². The third-order valence-corrected chi connectivity index (χ3v) is 4.75. The Morgan fingerprint density at radius 2 is 1.74 bits per heavy atom. The first-order valence-corrected chi connectivity index (χ1v) is 9.82. The first kappa shape index (κ1) is 21.9. The van der Waals surface area contributed by atoms with Crippen molar-refractivity contribution in [1.29, 1.82) is 0 Å². The summed E-state index contributed by atoms with van der Waals surface area (Å²) < 4.78 is 15.7. The van der Waals surface area contributed by atoms with Crippen LogP contribution in [0.1, 0.15) is 23.0 Å². The molecule has 31 heavy (non-hydrogen) atoms. The predicted molar refractivity (Wildman–Crippen MR) is 115 cm³/mol. The standard InChI is InChI=1S/C23H25N3O5/c1-4-26(14-16-10-11-20(29-2)21(12-16)30-3)22(27)15-31-23(28)19-13-18(24-25-19)17-8-6-5-7-9-17/h5-13H,4,14-15H2,1-3H3,(H,24,25). The van der Waals surface area contributed by atoms with Crippen LogP contribution in [0.2, 0.25) is 0 Å². The number of hydrogen-bond donors (Lipinski definition) is 1. The average molecular weight is 423 g/mol. The van der Waals surface area contributed by atoms with Gasteiger partial charge in [0.1, 0.15) is 5.69 Å². The van der Waals surface area contributed by atoms with Gasteiger partial charge in [0.25, 0.3) is 5.91 Å². The van der Waals surface area contributed by atoms with Gasteiger partial charge in [0.2, 0.25) is 0 Å². The van der Waals surface area contributed by atoms with Gasteiger partial charge in [-0.3, -0.25) is 9.89 Å². The number of methoxy groups -OCH3 is 2. The highest BCUT2D eigenvalue weighted by atomic mass is 16.5. The minimum atomic E-state index is -0.634. The fraction of sp³-hybridized carbons (Fsp3) is 0.261. The largest absolute Gasteiger partial charge is 0.493 e. The maximum atomic E-state index is 12.6. The smallest absolute Gasteiger partial charge is 0.356 e. The van der Waals surface area contributed by atoms with E-state index < -0.39 is 5.97 Å². The zero-order valence-electron chi connectivity index (χ0n) is 17.8. The van der Waals surface area contributed by atoms with Gasteiger partial charge in [0, 0.05) is 18.7 Å². The van der Waals surface area contributed by atoms with Crippen molar-refractivity contribution in [1.82, 2.24) is 15.1 Å². The van der Waals surface area contributed by atoms with Crippen molar-refractivity contribution < 1.29 is 23.8 Å². The van der Waals surface area contributed by atoms with Gasteiger partial charge in [0.15, 0.2) is 18.1 Å². The maximum Gasteiger partial charge on any atom is 0.356 e. The van der Waals surface area contributed by atoms with E-state index in [0.29, 0.717) is 30.3 Å². The molecule has 0 fully saturated rings. The van der Waals surface area contributed by atoms with Crippen molar-refractivity contribution in [3.63, 3.8) is 0 Å². The summed E-state index contributed by atoms with van der Waals surface area (Å²) >= 11 is 0. The molecule has 0 atom stereocenters. The van der Waals surface area contributed by atoms with Gasteiger partial charge >= 0.3 is 5.97 Å². The SMILES string of the molecule is CCN(Cc1ccc(OC)c(OC)c1)C(=O)COC(=O)c1cc(-c2ccccc2)n[nH]1. The molecule has 0 aliphatic heterocycles. The van der Waals surface area contributed by atoms with Crippen molar-refractivity contribution in [3.8, 4) is 22.8 Å². The zero-order valence-corrected chi connectivity index (χ0v) is 17.8. The number of aromatic amines is 1. The number of nitrogens with zero attached hydrogens (tertiary/aromatic N) is 2. The lowest BCUT2D eigenvalue weighted by Crippen LogP contribution is -2.34. The molecule has 1 heterocycles. The van der Waals surface area contributed by atoms with Crippen molar-refractivity contribution in [3.05, 3.63) is 65.9 Å². The summed E-state index contributed by atoms with van der Waals surface area (Å²) in [7, 11) is 3.12. The first-order valence-electron chi connectivity index (χ1n) is 9.82. The van der Waals surface area contributed by atoms with Crippen LogP contribution in [0.25, 0.3) is 11.3 Å². The minimum absolute atomic E-state index is 0.189. The lowest BCUT2D eigenvalue weighted by atomic mass is 10.1. The maximum absolute atomic E-state index is 12.6. The molecular formula is C23H25N3O5. The Bertz CT molecular complexity index is 1030. The van der Waals surface area contributed by atoms with Gasteiger partial charge in [-0.2, -0.15) is 5.10 Å². The second-order valence-electron chi connectivity index (χ2n) is 6.71. The quantitative estimate of drug-likeness (QED) is 0.531. The van der Waals surface area contributed by atoms with E-state index in [1.54, 1.807) is 31.3 Å². The Balaban J connectivity index is 1.59. The minimum Gasteiger partial charge on any atom is -0.493 e. The number of benzene rings is 2. The van der Waals surface area contributed by atoms with E-state index in [4.69, 9.17) is 14.2 Å². The van der Waals surface area contributed by atoms with Crippen LogP contribution in [0.3, 0.4) is 0 Å². The summed E-state index contributed by atoms with van der Waals surface area (Å²) in [6.45, 7) is 2.32. The highest BCUT2D eigenvalue weighted by Crippen LogP contribution is 2.28. The van der Waals surface area contributed by atoms with Crippen LogP contribution in [0, 0.1) is 0 Å². The molecule has 8 heteroatoms. The van der Waals surface area contributed by atoms with E-state index in [9.17, 15) is 9.59 Å². The number of hydrogen-bond acceptors (Lipinski definition) is 6.